The van der Waals surface area contributed by atoms with E-state index in [1.165, 1.54) is 32.1 Å². The molecule has 0 aromatic carbocycles. The average molecular weight is 284 g/mol. The smallest absolute Gasteiger partial charge is 0.230 e. The Hall–Kier alpha value is -0.640. The van der Waals surface area contributed by atoms with Crippen LogP contribution in [0.25, 0.3) is 0 Å². The molecule has 110 valence electrons. The van der Waals surface area contributed by atoms with E-state index in [0.717, 1.165) is 6.42 Å². The summed E-state index contributed by atoms with van der Waals surface area (Å²) in [4.78, 5) is 12.7. The van der Waals surface area contributed by atoms with Gasteiger partial charge in [0, 0.05) is 6.04 Å². The van der Waals surface area contributed by atoms with Gasteiger partial charge in [0.25, 0.3) is 0 Å². The summed E-state index contributed by atoms with van der Waals surface area (Å²) < 4.78 is 0. The first kappa shape index (κ1) is 16.4. The molecule has 1 aliphatic rings. The summed E-state index contributed by atoms with van der Waals surface area (Å²) in [6, 6.07) is 0.281. The summed E-state index contributed by atoms with van der Waals surface area (Å²) in [7, 11) is 0. The van der Waals surface area contributed by atoms with Crippen LogP contribution in [0.15, 0.2) is 0 Å². The highest BCUT2D eigenvalue weighted by Gasteiger charge is 2.29. The van der Waals surface area contributed by atoms with Crippen LogP contribution in [0.2, 0.25) is 0 Å². The van der Waals surface area contributed by atoms with E-state index < -0.39 is 0 Å². The third-order valence-corrected chi connectivity index (χ3v) is 4.50. The maximum absolute atomic E-state index is 12.4. The van der Waals surface area contributed by atoms with Gasteiger partial charge < -0.3 is 11.1 Å². The average Bonchev–Trinajstić information content (AvgIpc) is 2.36. The standard InChI is InChI=1S/C15H28N2OS/c1-4-12(11-8-6-5-7-9-11)17-15(18)13(10(2)3)14(16)19/h10-13H,4-9H2,1-3H3,(H2,16,19)(H,17,18). The van der Waals surface area contributed by atoms with Crippen molar-refractivity contribution in [3.05, 3.63) is 0 Å². The Labute approximate surface area is 122 Å². The summed E-state index contributed by atoms with van der Waals surface area (Å²) >= 11 is 5.03. The van der Waals surface area contributed by atoms with Crippen LogP contribution in [0.4, 0.5) is 0 Å². The van der Waals surface area contributed by atoms with E-state index >= 15 is 0 Å². The summed E-state index contributed by atoms with van der Waals surface area (Å²) in [5.74, 6) is 0.454. The largest absolute Gasteiger partial charge is 0.393 e. The number of carbonyl (C=O) groups is 1. The van der Waals surface area contributed by atoms with Crippen LogP contribution in [-0.4, -0.2) is 16.9 Å². The lowest BCUT2D eigenvalue weighted by Gasteiger charge is -2.32. The number of amides is 1. The Kier molecular flexibility index (Phi) is 6.76. The van der Waals surface area contributed by atoms with Crippen LogP contribution in [0.1, 0.15) is 59.3 Å². The molecule has 1 fully saturated rings. The predicted octanol–water partition coefficient (Wildman–Crippen LogP) is 3.02. The van der Waals surface area contributed by atoms with Crippen molar-refractivity contribution in [3.8, 4) is 0 Å². The normalized spacial score (nSPS) is 20.0. The van der Waals surface area contributed by atoms with Gasteiger partial charge in [-0.15, -0.1) is 0 Å². The van der Waals surface area contributed by atoms with Crippen molar-refractivity contribution in [1.82, 2.24) is 5.32 Å². The second-order valence-electron chi connectivity index (χ2n) is 6.05. The molecule has 1 amide bonds. The van der Waals surface area contributed by atoms with Crippen molar-refractivity contribution in [3.63, 3.8) is 0 Å². The zero-order valence-electron chi connectivity index (χ0n) is 12.4. The van der Waals surface area contributed by atoms with E-state index in [1.807, 2.05) is 13.8 Å². The summed E-state index contributed by atoms with van der Waals surface area (Å²) in [5, 5.41) is 3.19. The molecule has 0 heterocycles. The monoisotopic (exact) mass is 284 g/mol. The maximum Gasteiger partial charge on any atom is 0.230 e. The number of nitrogens with one attached hydrogen (secondary N) is 1. The van der Waals surface area contributed by atoms with Crippen LogP contribution >= 0.6 is 12.2 Å². The Morgan fingerprint density at radius 2 is 1.89 bits per heavy atom. The Balaban J connectivity index is 2.63. The highest BCUT2D eigenvalue weighted by atomic mass is 32.1. The third-order valence-electron chi connectivity index (χ3n) is 4.24. The van der Waals surface area contributed by atoms with Gasteiger partial charge in [-0.3, -0.25) is 4.79 Å². The Morgan fingerprint density at radius 1 is 1.32 bits per heavy atom. The molecule has 0 bridgehead atoms. The highest BCUT2D eigenvalue weighted by molar-refractivity contribution is 7.80. The van der Waals surface area contributed by atoms with Crippen LogP contribution in [0.5, 0.6) is 0 Å². The molecule has 0 aliphatic heterocycles. The Bertz CT molecular complexity index is 311. The fourth-order valence-corrected chi connectivity index (χ4v) is 3.50. The molecule has 3 N–H and O–H groups in total. The molecule has 0 saturated heterocycles. The SMILES string of the molecule is CCC(NC(=O)C(C(N)=S)C(C)C)C1CCCCC1. The molecule has 3 nitrogen and oxygen atoms in total. The maximum atomic E-state index is 12.4. The van der Waals surface area contributed by atoms with Crippen molar-refractivity contribution in [2.45, 2.75) is 65.3 Å². The molecular formula is C15H28N2OS. The van der Waals surface area contributed by atoms with Gasteiger partial charge in [0.1, 0.15) is 0 Å². The molecule has 4 heteroatoms. The number of hydrogen-bond acceptors (Lipinski definition) is 2. The third kappa shape index (κ3) is 4.75. The molecule has 0 aromatic rings. The van der Waals surface area contributed by atoms with Crippen molar-refractivity contribution in [2.24, 2.45) is 23.5 Å². The van der Waals surface area contributed by atoms with Crippen molar-refractivity contribution in [1.29, 1.82) is 0 Å². The lowest BCUT2D eigenvalue weighted by atomic mass is 9.82. The number of hydrogen-bond donors (Lipinski definition) is 2. The van der Waals surface area contributed by atoms with Gasteiger partial charge in [-0.05, 0) is 31.1 Å². The van der Waals surface area contributed by atoms with Gasteiger partial charge in [0.2, 0.25) is 5.91 Å². The van der Waals surface area contributed by atoms with E-state index in [-0.39, 0.29) is 23.8 Å². The second kappa shape index (κ2) is 7.83. The molecule has 2 unspecified atom stereocenters. The number of rotatable bonds is 6. The molecule has 19 heavy (non-hydrogen) atoms. The molecule has 1 aliphatic carbocycles. The molecule has 0 spiro atoms. The summed E-state index contributed by atoms with van der Waals surface area (Å²) in [6.45, 7) is 6.13. The summed E-state index contributed by atoms with van der Waals surface area (Å²) in [5.41, 5.74) is 5.70. The first-order chi connectivity index (χ1) is 8.97. The molecule has 1 rings (SSSR count). The second-order valence-corrected chi connectivity index (χ2v) is 6.52. The lowest BCUT2D eigenvalue weighted by Crippen LogP contribution is -2.47. The minimum Gasteiger partial charge on any atom is -0.393 e. The van der Waals surface area contributed by atoms with E-state index in [9.17, 15) is 4.79 Å². The molecule has 0 radical (unpaired) electrons. The molecule has 2 atom stereocenters. The number of carbonyl (C=O) groups excluding carboxylic acids is 1. The van der Waals surface area contributed by atoms with Gasteiger partial charge in [0.15, 0.2) is 0 Å². The number of nitrogens with two attached hydrogens (primary N) is 1. The fourth-order valence-electron chi connectivity index (χ4n) is 3.12. The molecule has 1 saturated carbocycles. The van der Waals surface area contributed by atoms with Gasteiger partial charge in [-0.1, -0.05) is 52.3 Å². The molecular weight excluding hydrogens is 256 g/mol. The van der Waals surface area contributed by atoms with Crippen LogP contribution in [-0.2, 0) is 4.79 Å². The summed E-state index contributed by atoms with van der Waals surface area (Å²) in [6.07, 6.45) is 7.37. The number of thiocarbonyl (C=S) groups is 1. The minimum absolute atomic E-state index is 0.0138. The van der Waals surface area contributed by atoms with Crippen molar-refractivity contribution >= 4 is 23.1 Å². The van der Waals surface area contributed by atoms with Crippen LogP contribution in [0, 0.1) is 17.8 Å². The first-order valence-corrected chi connectivity index (χ1v) is 7.97. The van der Waals surface area contributed by atoms with E-state index in [1.54, 1.807) is 0 Å². The van der Waals surface area contributed by atoms with Gasteiger partial charge in [-0.25, -0.2) is 0 Å². The highest BCUT2D eigenvalue weighted by Crippen LogP contribution is 2.28. The minimum atomic E-state index is -0.340. The molecule has 0 aromatic heterocycles. The Morgan fingerprint density at radius 3 is 2.32 bits per heavy atom. The van der Waals surface area contributed by atoms with Gasteiger partial charge in [0.05, 0.1) is 10.9 Å². The lowest BCUT2D eigenvalue weighted by molar-refractivity contribution is -0.125. The van der Waals surface area contributed by atoms with Crippen LogP contribution in [0.3, 0.4) is 0 Å². The van der Waals surface area contributed by atoms with Crippen molar-refractivity contribution < 1.29 is 4.79 Å². The van der Waals surface area contributed by atoms with E-state index in [0.29, 0.717) is 10.9 Å². The predicted molar refractivity (Wildman–Crippen MR) is 83.9 cm³/mol. The quantitative estimate of drug-likeness (QED) is 0.737. The first-order valence-electron chi connectivity index (χ1n) is 7.57. The van der Waals surface area contributed by atoms with Gasteiger partial charge in [-0.2, -0.15) is 0 Å². The zero-order valence-corrected chi connectivity index (χ0v) is 13.3. The topological polar surface area (TPSA) is 55.1 Å². The zero-order chi connectivity index (χ0) is 14.4. The van der Waals surface area contributed by atoms with E-state index in [4.69, 9.17) is 18.0 Å². The van der Waals surface area contributed by atoms with Gasteiger partial charge >= 0.3 is 0 Å². The van der Waals surface area contributed by atoms with Crippen molar-refractivity contribution in [2.75, 3.05) is 0 Å². The fraction of sp³-hybridized carbons (Fsp3) is 0.867. The van der Waals surface area contributed by atoms with E-state index in [2.05, 4.69) is 12.2 Å². The van der Waals surface area contributed by atoms with Crippen LogP contribution < -0.4 is 11.1 Å².